The number of imide groups is 1. The predicted molar refractivity (Wildman–Crippen MR) is 148 cm³/mol. The fraction of sp³-hybridized carbons (Fsp3) is 0.286. The molecule has 0 fully saturated rings. The zero-order chi connectivity index (χ0) is 29.4. The molecule has 0 aliphatic carbocycles. The van der Waals surface area contributed by atoms with Crippen LogP contribution in [0.3, 0.4) is 0 Å². The van der Waals surface area contributed by atoms with Crippen molar-refractivity contribution < 1.29 is 32.7 Å². The van der Waals surface area contributed by atoms with Gasteiger partial charge in [-0.1, -0.05) is 44.5 Å². The third-order valence-corrected chi connectivity index (χ3v) is 8.22. The first kappa shape index (κ1) is 28.9. The van der Waals surface area contributed by atoms with Crippen LogP contribution < -0.4 is 16.2 Å². The fourth-order valence-corrected chi connectivity index (χ4v) is 5.69. The SMILES string of the molecule is CCC[C@H](C(=O)Nc1ccc(S(N)(=O)=O)cc1)[C@H](C(=O)O)C(C)C(N)N1C(=O)c2cc3ccccc3cc2C1=O. The second-order valence-electron chi connectivity index (χ2n) is 9.89. The number of sulfonamides is 1. The molecule has 40 heavy (non-hydrogen) atoms. The number of nitrogens with one attached hydrogen (secondary N) is 1. The number of hydrogen-bond acceptors (Lipinski definition) is 7. The van der Waals surface area contributed by atoms with E-state index in [2.05, 4.69) is 5.32 Å². The smallest absolute Gasteiger partial charge is 0.307 e. The van der Waals surface area contributed by atoms with E-state index < -0.39 is 57.6 Å². The van der Waals surface area contributed by atoms with Gasteiger partial charge in [-0.3, -0.25) is 24.1 Å². The third kappa shape index (κ3) is 5.46. The summed E-state index contributed by atoms with van der Waals surface area (Å²) in [6, 6.07) is 15.6. The van der Waals surface area contributed by atoms with Crippen LogP contribution in [0, 0.1) is 17.8 Å². The molecule has 0 bridgehead atoms. The topological polar surface area (TPSA) is 190 Å². The molecule has 1 aliphatic heterocycles. The summed E-state index contributed by atoms with van der Waals surface area (Å²) >= 11 is 0. The number of primary sulfonamides is 1. The van der Waals surface area contributed by atoms with Crippen molar-refractivity contribution in [2.75, 3.05) is 5.32 Å². The molecule has 11 nitrogen and oxygen atoms in total. The Morgan fingerprint density at radius 3 is 1.95 bits per heavy atom. The standard InChI is InChI=1S/C28H30N4O7S/c1-3-6-20(25(33)31-18-9-11-19(12-10-18)40(30,38)39)23(28(36)37)15(2)24(29)32-26(34)21-13-16-7-4-5-8-17(16)14-22(21)27(32)35/h4-5,7-15,20,23-24H,3,6,29H2,1-2H3,(H,31,33)(H,36,37)(H2,30,38,39)/t15?,20-,23+,24?/m0/s1. The molecule has 6 N–H and O–H groups in total. The van der Waals surface area contributed by atoms with Gasteiger partial charge >= 0.3 is 5.97 Å². The summed E-state index contributed by atoms with van der Waals surface area (Å²) < 4.78 is 23.0. The van der Waals surface area contributed by atoms with E-state index in [9.17, 15) is 32.7 Å². The van der Waals surface area contributed by atoms with Crippen LogP contribution >= 0.6 is 0 Å². The number of nitrogens with two attached hydrogens (primary N) is 2. The Hall–Kier alpha value is -4.13. The molecule has 0 saturated carbocycles. The van der Waals surface area contributed by atoms with Crippen LogP contribution in [0.4, 0.5) is 5.69 Å². The lowest BCUT2D eigenvalue weighted by Gasteiger charge is -2.34. The lowest BCUT2D eigenvalue weighted by atomic mass is 9.77. The molecular weight excluding hydrogens is 536 g/mol. The fourth-order valence-electron chi connectivity index (χ4n) is 5.18. The summed E-state index contributed by atoms with van der Waals surface area (Å²) in [5, 5.41) is 19.5. The van der Waals surface area contributed by atoms with Gasteiger partial charge in [0, 0.05) is 11.6 Å². The van der Waals surface area contributed by atoms with Crippen molar-refractivity contribution in [1.82, 2.24) is 4.90 Å². The number of hydrogen-bond donors (Lipinski definition) is 4. The maximum Gasteiger partial charge on any atom is 0.307 e. The van der Waals surface area contributed by atoms with Crippen LogP contribution in [0.25, 0.3) is 10.8 Å². The Kier molecular flexibility index (Phi) is 8.05. The van der Waals surface area contributed by atoms with Crippen LogP contribution in [0.5, 0.6) is 0 Å². The minimum Gasteiger partial charge on any atom is -0.481 e. The highest BCUT2D eigenvalue weighted by molar-refractivity contribution is 7.89. The molecule has 3 aromatic rings. The number of nitrogens with zero attached hydrogens (tertiary/aromatic N) is 1. The summed E-state index contributed by atoms with van der Waals surface area (Å²) in [7, 11) is -3.93. The van der Waals surface area contributed by atoms with E-state index in [1.54, 1.807) is 19.1 Å². The highest BCUT2D eigenvalue weighted by atomic mass is 32.2. The quantitative estimate of drug-likeness (QED) is 0.269. The summed E-state index contributed by atoms with van der Waals surface area (Å²) in [5.74, 6) is -6.59. The van der Waals surface area contributed by atoms with Gasteiger partial charge in [0.1, 0.15) is 0 Å². The van der Waals surface area contributed by atoms with Crippen molar-refractivity contribution in [3.63, 3.8) is 0 Å². The number of carboxylic acid groups (broad SMARTS) is 1. The number of benzene rings is 3. The maximum atomic E-state index is 13.3. The molecule has 3 aromatic carbocycles. The first-order valence-corrected chi connectivity index (χ1v) is 14.2. The molecule has 210 valence electrons. The third-order valence-electron chi connectivity index (χ3n) is 7.29. The van der Waals surface area contributed by atoms with Gasteiger partial charge in [-0.05, 0) is 53.6 Å². The van der Waals surface area contributed by atoms with E-state index in [-0.39, 0.29) is 28.1 Å². The Morgan fingerprint density at radius 2 is 1.50 bits per heavy atom. The van der Waals surface area contributed by atoms with Crippen LogP contribution in [-0.2, 0) is 19.6 Å². The lowest BCUT2D eigenvalue weighted by molar-refractivity contribution is -0.149. The molecule has 0 radical (unpaired) electrons. The summed E-state index contributed by atoms with van der Waals surface area (Å²) in [6.07, 6.45) is -0.672. The number of carboxylic acids is 1. The van der Waals surface area contributed by atoms with Crippen molar-refractivity contribution in [3.05, 3.63) is 71.8 Å². The number of carbonyl (C=O) groups is 4. The van der Waals surface area contributed by atoms with Crippen molar-refractivity contribution in [1.29, 1.82) is 0 Å². The number of fused-ring (bicyclic) bond motifs is 2. The van der Waals surface area contributed by atoms with Crippen molar-refractivity contribution >= 4 is 50.2 Å². The first-order chi connectivity index (χ1) is 18.8. The molecule has 4 rings (SSSR count). The van der Waals surface area contributed by atoms with Gasteiger partial charge in [0.15, 0.2) is 0 Å². The number of amides is 3. The summed E-state index contributed by atoms with van der Waals surface area (Å²) in [6.45, 7) is 3.29. The molecule has 1 aliphatic rings. The molecule has 0 spiro atoms. The van der Waals surface area contributed by atoms with Crippen LogP contribution in [0.1, 0.15) is 47.4 Å². The van der Waals surface area contributed by atoms with Gasteiger partial charge in [-0.15, -0.1) is 0 Å². The van der Waals surface area contributed by atoms with E-state index in [0.29, 0.717) is 6.42 Å². The van der Waals surface area contributed by atoms with Gasteiger partial charge in [0.25, 0.3) is 11.8 Å². The van der Waals surface area contributed by atoms with Crippen LogP contribution in [-0.4, -0.2) is 48.3 Å². The predicted octanol–water partition coefficient (Wildman–Crippen LogP) is 2.76. The normalized spacial score (nSPS) is 16.4. The largest absolute Gasteiger partial charge is 0.481 e. The minimum atomic E-state index is -3.93. The van der Waals surface area contributed by atoms with Crippen LogP contribution in [0.2, 0.25) is 0 Å². The van der Waals surface area contributed by atoms with Gasteiger partial charge in [0.2, 0.25) is 15.9 Å². The van der Waals surface area contributed by atoms with Crippen LogP contribution in [0.15, 0.2) is 65.6 Å². The van der Waals surface area contributed by atoms with E-state index >= 15 is 0 Å². The van der Waals surface area contributed by atoms with Gasteiger partial charge < -0.3 is 16.2 Å². The monoisotopic (exact) mass is 566 g/mol. The van der Waals surface area contributed by atoms with Gasteiger partial charge in [0.05, 0.1) is 34.0 Å². The molecule has 12 heteroatoms. The summed E-state index contributed by atoms with van der Waals surface area (Å²) in [5.41, 5.74) is 7.02. The van der Waals surface area contributed by atoms with Crippen molar-refractivity contribution in [2.45, 2.75) is 37.8 Å². The van der Waals surface area contributed by atoms with Gasteiger partial charge in [-0.2, -0.15) is 0 Å². The molecule has 4 atom stereocenters. The highest BCUT2D eigenvalue weighted by Crippen LogP contribution is 2.34. The van der Waals surface area contributed by atoms with Crippen molar-refractivity contribution in [3.8, 4) is 0 Å². The lowest BCUT2D eigenvalue weighted by Crippen LogP contribution is -2.54. The first-order valence-electron chi connectivity index (χ1n) is 12.7. The number of anilines is 1. The zero-order valence-corrected chi connectivity index (χ0v) is 22.7. The number of aliphatic carboxylic acids is 1. The molecule has 2 unspecified atom stereocenters. The highest BCUT2D eigenvalue weighted by Gasteiger charge is 2.46. The van der Waals surface area contributed by atoms with E-state index in [0.717, 1.165) is 15.7 Å². The van der Waals surface area contributed by atoms with E-state index in [1.165, 1.54) is 31.2 Å². The minimum absolute atomic E-state index is 0.146. The maximum absolute atomic E-state index is 13.3. The zero-order valence-electron chi connectivity index (χ0n) is 21.9. The second kappa shape index (κ2) is 11.2. The average molecular weight is 567 g/mol. The molecule has 1 heterocycles. The molecule has 3 amide bonds. The molecule has 0 saturated heterocycles. The number of carbonyl (C=O) groups excluding carboxylic acids is 3. The Labute approximate surface area is 231 Å². The Morgan fingerprint density at radius 1 is 0.975 bits per heavy atom. The molecule has 0 aromatic heterocycles. The number of rotatable bonds is 10. The van der Waals surface area contributed by atoms with E-state index in [4.69, 9.17) is 10.9 Å². The van der Waals surface area contributed by atoms with Crippen molar-refractivity contribution in [2.24, 2.45) is 28.6 Å². The van der Waals surface area contributed by atoms with E-state index in [1.807, 2.05) is 24.3 Å². The Balaban J connectivity index is 1.60. The average Bonchev–Trinajstić information content (AvgIpc) is 3.14. The summed E-state index contributed by atoms with van der Waals surface area (Å²) in [4.78, 5) is 53.2. The van der Waals surface area contributed by atoms with Gasteiger partial charge in [-0.25, -0.2) is 13.6 Å². The Bertz CT molecular complexity index is 1550. The molecular formula is C28H30N4O7S. The second-order valence-corrected chi connectivity index (χ2v) is 11.5.